The van der Waals surface area contributed by atoms with E-state index in [-0.39, 0.29) is 0 Å². The van der Waals surface area contributed by atoms with Gasteiger partial charge in [-0.15, -0.1) is 0 Å². The van der Waals surface area contributed by atoms with Crippen LogP contribution in [0.5, 0.6) is 11.5 Å². The van der Waals surface area contributed by atoms with Crippen LogP contribution in [-0.2, 0) is 0 Å². The molecule has 2 aliphatic rings. The summed E-state index contributed by atoms with van der Waals surface area (Å²) in [5.74, 6) is 2.64. The van der Waals surface area contributed by atoms with Crippen LogP contribution in [0.15, 0.2) is 18.2 Å². The topological polar surface area (TPSA) is 29.5 Å². The van der Waals surface area contributed by atoms with Crippen molar-refractivity contribution in [1.29, 1.82) is 0 Å². The van der Waals surface area contributed by atoms with Gasteiger partial charge in [0.1, 0.15) is 11.5 Å². The van der Waals surface area contributed by atoms with E-state index in [9.17, 15) is 5.11 Å². The lowest BCUT2D eigenvalue weighted by Crippen LogP contribution is -2.28. The van der Waals surface area contributed by atoms with Gasteiger partial charge in [0.15, 0.2) is 0 Å². The Labute approximate surface area is 89.9 Å². The first kappa shape index (κ1) is 9.08. The van der Waals surface area contributed by atoms with Gasteiger partial charge in [-0.1, -0.05) is 12.8 Å². The molecule has 1 aliphatic carbocycles. The fraction of sp³-hybridized carbons (Fsp3) is 0.538. The first-order chi connectivity index (χ1) is 7.34. The predicted octanol–water partition coefficient (Wildman–Crippen LogP) is 3.06. The molecule has 1 saturated carbocycles. The molecule has 0 radical (unpaired) electrons. The third kappa shape index (κ3) is 1.48. The molecule has 2 nitrogen and oxygen atoms in total. The number of rotatable bonds is 0. The van der Waals surface area contributed by atoms with Crippen molar-refractivity contribution in [3.8, 4) is 11.5 Å². The van der Waals surface area contributed by atoms with Gasteiger partial charge < -0.3 is 9.84 Å². The molecular weight excluding hydrogens is 188 g/mol. The van der Waals surface area contributed by atoms with Crippen LogP contribution in [0.4, 0.5) is 0 Å². The SMILES string of the molecule is Oc1ccc2c(c1)C1CCCCC1CO2. The lowest BCUT2D eigenvalue weighted by atomic mass is 9.74. The number of ether oxygens (including phenoxy) is 1. The van der Waals surface area contributed by atoms with Crippen LogP contribution in [0.3, 0.4) is 0 Å². The van der Waals surface area contributed by atoms with Gasteiger partial charge in [0, 0.05) is 5.56 Å². The van der Waals surface area contributed by atoms with Crippen molar-refractivity contribution in [2.45, 2.75) is 31.6 Å². The number of phenolic OH excluding ortho intramolecular Hbond substituents is 1. The van der Waals surface area contributed by atoms with Crippen LogP contribution in [0, 0.1) is 5.92 Å². The average Bonchev–Trinajstić information content (AvgIpc) is 2.29. The molecule has 1 aromatic rings. The van der Waals surface area contributed by atoms with E-state index in [1.165, 1.54) is 31.2 Å². The molecule has 0 aromatic heterocycles. The highest BCUT2D eigenvalue weighted by Gasteiger charge is 2.32. The molecule has 1 fully saturated rings. The van der Waals surface area contributed by atoms with Gasteiger partial charge in [-0.25, -0.2) is 0 Å². The van der Waals surface area contributed by atoms with E-state index in [2.05, 4.69) is 0 Å². The largest absolute Gasteiger partial charge is 0.508 e. The molecule has 0 bridgehead atoms. The van der Waals surface area contributed by atoms with Gasteiger partial charge in [0.2, 0.25) is 0 Å². The van der Waals surface area contributed by atoms with Crippen molar-refractivity contribution >= 4 is 0 Å². The van der Waals surface area contributed by atoms with Crippen molar-refractivity contribution < 1.29 is 9.84 Å². The van der Waals surface area contributed by atoms with Crippen molar-refractivity contribution in [2.75, 3.05) is 6.61 Å². The van der Waals surface area contributed by atoms with Crippen LogP contribution in [0.1, 0.15) is 37.2 Å². The maximum Gasteiger partial charge on any atom is 0.123 e. The average molecular weight is 204 g/mol. The summed E-state index contributed by atoms with van der Waals surface area (Å²) in [7, 11) is 0. The summed E-state index contributed by atoms with van der Waals surface area (Å²) in [5, 5.41) is 9.52. The Morgan fingerprint density at radius 2 is 2.07 bits per heavy atom. The molecule has 3 rings (SSSR count). The first-order valence-electron chi connectivity index (χ1n) is 5.80. The molecular formula is C13H16O2. The monoisotopic (exact) mass is 204 g/mol. The summed E-state index contributed by atoms with van der Waals surface area (Å²) in [6, 6.07) is 5.49. The zero-order valence-electron chi connectivity index (χ0n) is 8.78. The molecule has 1 heterocycles. The smallest absolute Gasteiger partial charge is 0.123 e. The summed E-state index contributed by atoms with van der Waals surface area (Å²) in [5.41, 5.74) is 1.23. The highest BCUT2D eigenvalue weighted by Crippen LogP contribution is 2.45. The molecule has 80 valence electrons. The molecule has 0 amide bonds. The Kier molecular flexibility index (Phi) is 2.08. The van der Waals surface area contributed by atoms with E-state index in [1.54, 1.807) is 6.07 Å². The summed E-state index contributed by atoms with van der Waals surface area (Å²) in [4.78, 5) is 0. The van der Waals surface area contributed by atoms with Gasteiger partial charge in [-0.3, -0.25) is 0 Å². The molecule has 1 aromatic carbocycles. The summed E-state index contributed by atoms with van der Waals surface area (Å²) in [6.45, 7) is 0.864. The molecule has 2 unspecified atom stereocenters. The quantitative estimate of drug-likeness (QED) is 0.703. The van der Waals surface area contributed by atoms with Crippen LogP contribution < -0.4 is 4.74 Å². The first-order valence-corrected chi connectivity index (χ1v) is 5.80. The number of aromatic hydroxyl groups is 1. The fourth-order valence-corrected chi connectivity index (χ4v) is 2.97. The maximum atomic E-state index is 9.52. The second kappa shape index (κ2) is 3.44. The maximum absolute atomic E-state index is 9.52. The van der Waals surface area contributed by atoms with E-state index < -0.39 is 0 Å². The molecule has 15 heavy (non-hydrogen) atoms. The molecule has 0 saturated heterocycles. The summed E-state index contributed by atoms with van der Waals surface area (Å²) >= 11 is 0. The second-order valence-electron chi connectivity index (χ2n) is 4.68. The number of fused-ring (bicyclic) bond motifs is 3. The van der Waals surface area contributed by atoms with E-state index in [4.69, 9.17) is 4.74 Å². The van der Waals surface area contributed by atoms with E-state index in [0.717, 1.165) is 12.4 Å². The molecule has 2 heteroatoms. The normalized spacial score (nSPS) is 28.8. The lowest BCUT2D eigenvalue weighted by Gasteiger charge is -2.36. The Balaban J connectivity index is 2.01. The molecule has 2 atom stereocenters. The molecule has 1 N–H and O–H groups in total. The van der Waals surface area contributed by atoms with Gasteiger partial charge in [-0.2, -0.15) is 0 Å². The molecule has 0 spiro atoms. The third-order valence-electron chi connectivity index (χ3n) is 3.75. The Bertz CT molecular complexity index is 373. The Hall–Kier alpha value is -1.18. The zero-order valence-corrected chi connectivity index (χ0v) is 8.78. The minimum Gasteiger partial charge on any atom is -0.508 e. The van der Waals surface area contributed by atoms with Crippen molar-refractivity contribution in [1.82, 2.24) is 0 Å². The number of hydrogen-bond acceptors (Lipinski definition) is 2. The number of benzene rings is 1. The van der Waals surface area contributed by atoms with Crippen LogP contribution in [-0.4, -0.2) is 11.7 Å². The highest BCUT2D eigenvalue weighted by molar-refractivity contribution is 5.43. The zero-order chi connectivity index (χ0) is 10.3. The second-order valence-corrected chi connectivity index (χ2v) is 4.68. The lowest BCUT2D eigenvalue weighted by molar-refractivity contribution is 0.157. The highest BCUT2D eigenvalue weighted by atomic mass is 16.5. The van der Waals surface area contributed by atoms with Gasteiger partial charge >= 0.3 is 0 Å². The number of phenols is 1. The number of hydrogen-bond donors (Lipinski definition) is 1. The summed E-state index contributed by atoms with van der Waals surface area (Å²) in [6.07, 6.45) is 5.18. The fourth-order valence-electron chi connectivity index (χ4n) is 2.97. The minimum absolute atomic E-state index is 0.364. The van der Waals surface area contributed by atoms with E-state index in [1.807, 2.05) is 12.1 Å². The van der Waals surface area contributed by atoms with E-state index in [0.29, 0.717) is 17.6 Å². The van der Waals surface area contributed by atoms with Gasteiger partial charge in [0.25, 0.3) is 0 Å². The van der Waals surface area contributed by atoms with Crippen molar-refractivity contribution in [2.24, 2.45) is 5.92 Å². The minimum atomic E-state index is 0.364. The van der Waals surface area contributed by atoms with Gasteiger partial charge in [0.05, 0.1) is 6.61 Å². The van der Waals surface area contributed by atoms with Crippen molar-refractivity contribution in [3.63, 3.8) is 0 Å². The van der Waals surface area contributed by atoms with Crippen LogP contribution >= 0.6 is 0 Å². The van der Waals surface area contributed by atoms with E-state index >= 15 is 0 Å². The van der Waals surface area contributed by atoms with Crippen LogP contribution in [0.2, 0.25) is 0 Å². The van der Waals surface area contributed by atoms with Gasteiger partial charge in [-0.05, 0) is 42.9 Å². The van der Waals surface area contributed by atoms with Crippen LogP contribution in [0.25, 0.3) is 0 Å². The third-order valence-corrected chi connectivity index (χ3v) is 3.75. The summed E-state index contributed by atoms with van der Waals surface area (Å²) < 4.78 is 5.74. The Morgan fingerprint density at radius 1 is 1.20 bits per heavy atom. The van der Waals surface area contributed by atoms with Crippen molar-refractivity contribution in [3.05, 3.63) is 23.8 Å². The predicted molar refractivity (Wildman–Crippen MR) is 58.3 cm³/mol. The molecule has 1 aliphatic heterocycles. The Morgan fingerprint density at radius 3 is 3.00 bits per heavy atom. The standard InChI is InChI=1S/C13H16O2/c14-10-5-6-13-12(7-10)11-4-2-1-3-9(11)8-15-13/h5-7,9,11,14H,1-4,8H2.